The molecule has 4 amide bonds. The number of anilines is 1. The van der Waals surface area contributed by atoms with Crippen molar-refractivity contribution in [1.29, 1.82) is 0 Å². The molecule has 2 heterocycles. The van der Waals surface area contributed by atoms with E-state index in [1.54, 1.807) is 11.6 Å². The number of carbonyl (C=O) groups is 3. The lowest BCUT2D eigenvalue weighted by atomic mass is 9.71. The molecule has 2 unspecified atom stereocenters. The molecule has 1 aliphatic heterocycles. The van der Waals surface area contributed by atoms with Crippen LogP contribution in [0.4, 0.5) is 9.93 Å². The van der Waals surface area contributed by atoms with Crippen LogP contribution in [0.5, 0.6) is 0 Å². The molecule has 1 aliphatic carbocycles. The lowest BCUT2D eigenvalue weighted by Gasteiger charge is -2.37. The number of carbonyl (C=O) groups excluding carboxylic acids is 3. The van der Waals surface area contributed by atoms with Crippen molar-refractivity contribution in [3.63, 3.8) is 0 Å². The maximum absolute atomic E-state index is 12.8. The molecule has 0 aromatic carbocycles. The van der Waals surface area contributed by atoms with Crippen molar-refractivity contribution in [3.8, 4) is 0 Å². The predicted octanol–water partition coefficient (Wildman–Crippen LogP) is 1.83. The zero-order valence-electron chi connectivity index (χ0n) is 13.2. The van der Waals surface area contributed by atoms with Gasteiger partial charge in [0.05, 0.1) is 0 Å². The molecule has 7 nitrogen and oxygen atoms in total. The van der Waals surface area contributed by atoms with Crippen molar-refractivity contribution < 1.29 is 14.4 Å². The van der Waals surface area contributed by atoms with Gasteiger partial charge >= 0.3 is 6.03 Å². The first-order valence-corrected chi connectivity index (χ1v) is 8.61. The molecule has 1 saturated heterocycles. The molecule has 2 N–H and O–H groups in total. The number of thiazole rings is 1. The van der Waals surface area contributed by atoms with E-state index in [1.807, 2.05) is 0 Å². The van der Waals surface area contributed by atoms with Gasteiger partial charge in [-0.1, -0.05) is 13.8 Å². The van der Waals surface area contributed by atoms with E-state index in [2.05, 4.69) is 29.5 Å². The lowest BCUT2D eigenvalue weighted by Crippen LogP contribution is -2.52. The molecule has 2 atom stereocenters. The molecule has 124 valence electrons. The topological polar surface area (TPSA) is 91.4 Å². The fraction of sp³-hybridized carbons (Fsp3) is 0.600. The summed E-state index contributed by atoms with van der Waals surface area (Å²) in [5, 5.41) is 7.63. The summed E-state index contributed by atoms with van der Waals surface area (Å²) in [4.78, 5) is 42.0. The summed E-state index contributed by atoms with van der Waals surface area (Å²) in [7, 11) is 0. The molecule has 3 rings (SSSR count). The van der Waals surface area contributed by atoms with Crippen LogP contribution < -0.4 is 10.6 Å². The molecule has 23 heavy (non-hydrogen) atoms. The average molecular weight is 336 g/mol. The van der Waals surface area contributed by atoms with Crippen LogP contribution in [0.2, 0.25) is 0 Å². The quantitative estimate of drug-likeness (QED) is 0.824. The van der Waals surface area contributed by atoms with Crippen LogP contribution in [0.1, 0.15) is 33.1 Å². The largest absolute Gasteiger partial charge is 0.325 e. The maximum atomic E-state index is 12.8. The Morgan fingerprint density at radius 1 is 1.43 bits per heavy atom. The third-order valence-electron chi connectivity index (χ3n) is 4.42. The first-order valence-electron chi connectivity index (χ1n) is 7.73. The highest BCUT2D eigenvalue weighted by Gasteiger charge is 2.54. The number of nitrogens with zero attached hydrogens (tertiary/aromatic N) is 2. The number of urea groups is 1. The molecular formula is C15H20N4O3S. The number of hydrogen-bond donors (Lipinski definition) is 2. The molecule has 1 aromatic heterocycles. The van der Waals surface area contributed by atoms with Gasteiger partial charge in [-0.2, -0.15) is 0 Å². The van der Waals surface area contributed by atoms with Crippen molar-refractivity contribution in [3.05, 3.63) is 11.6 Å². The normalized spacial score (nSPS) is 30.6. The van der Waals surface area contributed by atoms with Gasteiger partial charge in [-0.15, -0.1) is 11.3 Å². The van der Waals surface area contributed by atoms with Crippen LogP contribution >= 0.6 is 11.3 Å². The van der Waals surface area contributed by atoms with Gasteiger partial charge in [0.2, 0.25) is 5.91 Å². The molecule has 2 fully saturated rings. The standard InChI is InChI=1S/C15H20N4O3S/c1-9-5-10(2)7-15(6-9)12(21)19(14(22)18-15)8-11(20)17-13-16-3-4-23-13/h3-4,9-10H,5-8H2,1-2H3,(H,18,22)(H,16,17,20). The third-order valence-corrected chi connectivity index (χ3v) is 5.11. The van der Waals surface area contributed by atoms with E-state index in [4.69, 9.17) is 0 Å². The van der Waals surface area contributed by atoms with Crippen molar-refractivity contribution in [2.45, 2.75) is 38.6 Å². The fourth-order valence-electron chi connectivity index (χ4n) is 3.81. The Bertz CT molecular complexity index is 621. The summed E-state index contributed by atoms with van der Waals surface area (Å²) in [6.07, 6.45) is 3.89. The van der Waals surface area contributed by atoms with Gasteiger partial charge in [-0.05, 0) is 31.1 Å². The van der Waals surface area contributed by atoms with Gasteiger partial charge in [-0.25, -0.2) is 9.78 Å². The van der Waals surface area contributed by atoms with Crippen LogP contribution in [0, 0.1) is 11.8 Å². The van der Waals surface area contributed by atoms with E-state index < -0.39 is 17.5 Å². The Morgan fingerprint density at radius 2 is 2.13 bits per heavy atom. The first kappa shape index (κ1) is 15.9. The number of aromatic nitrogens is 1. The first-order chi connectivity index (χ1) is 10.9. The van der Waals surface area contributed by atoms with Crippen molar-refractivity contribution in [1.82, 2.24) is 15.2 Å². The fourth-order valence-corrected chi connectivity index (χ4v) is 4.36. The second-order valence-corrected chi connectivity index (χ2v) is 7.54. The highest BCUT2D eigenvalue weighted by atomic mass is 32.1. The molecule has 2 aliphatic rings. The summed E-state index contributed by atoms with van der Waals surface area (Å²) in [5.74, 6) is 0.0341. The molecule has 8 heteroatoms. The predicted molar refractivity (Wildman–Crippen MR) is 85.9 cm³/mol. The summed E-state index contributed by atoms with van der Waals surface area (Å²) in [6, 6.07) is -0.481. The Morgan fingerprint density at radius 3 is 2.74 bits per heavy atom. The van der Waals surface area contributed by atoms with Crippen LogP contribution in [0.15, 0.2) is 11.6 Å². The van der Waals surface area contributed by atoms with Gasteiger partial charge < -0.3 is 10.6 Å². The van der Waals surface area contributed by atoms with Crippen LogP contribution in [-0.4, -0.2) is 39.8 Å². The molecule has 1 spiro atoms. The zero-order valence-corrected chi connectivity index (χ0v) is 14.0. The average Bonchev–Trinajstić information content (AvgIpc) is 3.01. The summed E-state index contributed by atoms with van der Waals surface area (Å²) >= 11 is 1.29. The molecule has 0 radical (unpaired) electrons. The van der Waals surface area contributed by atoms with E-state index in [0.29, 0.717) is 29.8 Å². The smallest absolute Gasteiger partial charge is 0.323 e. The SMILES string of the molecule is CC1CC(C)CC2(C1)NC(=O)N(CC(=O)Nc1nccs1)C2=O. The Balaban J connectivity index is 1.70. The second kappa shape index (κ2) is 5.92. The zero-order chi connectivity index (χ0) is 16.6. The Hall–Kier alpha value is -1.96. The maximum Gasteiger partial charge on any atom is 0.325 e. The summed E-state index contributed by atoms with van der Waals surface area (Å²) < 4.78 is 0. The highest BCUT2D eigenvalue weighted by molar-refractivity contribution is 7.13. The van der Waals surface area contributed by atoms with Crippen LogP contribution in [-0.2, 0) is 9.59 Å². The van der Waals surface area contributed by atoms with Crippen LogP contribution in [0.3, 0.4) is 0 Å². The van der Waals surface area contributed by atoms with Crippen molar-refractivity contribution >= 4 is 34.3 Å². The minimum Gasteiger partial charge on any atom is -0.323 e. The second-order valence-electron chi connectivity index (χ2n) is 6.64. The van der Waals surface area contributed by atoms with Crippen LogP contribution in [0.25, 0.3) is 0 Å². The van der Waals surface area contributed by atoms with Gasteiger partial charge in [-0.3, -0.25) is 14.5 Å². The van der Waals surface area contributed by atoms with E-state index in [1.165, 1.54) is 11.3 Å². The number of amides is 4. The number of imide groups is 1. The lowest BCUT2D eigenvalue weighted by molar-refractivity contribution is -0.135. The summed E-state index contributed by atoms with van der Waals surface area (Å²) in [6.45, 7) is 3.90. The molecule has 1 aromatic rings. The Labute approximate surface area is 138 Å². The summed E-state index contributed by atoms with van der Waals surface area (Å²) in [5.41, 5.74) is -0.838. The van der Waals surface area contributed by atoms with E-state index in [0.717, 1.165) is 11.3 Å². The van der Waals surface area contributed by atoms with Crippen molar-refractivity contribution in [2.24, 2.45) is 11.8 Å². The monoisotopic (exact) mass is 336 g/mol. The molecule has 1 saturated carbocycles. The molecular weight excluding hydrogens is 316 g/mol. The van der Waals surface area contributed by atoms with E-state index in [9.17, 15) is 14.4 Å². The van der Waals surface area contributed by atoms with Crippen molar-refractivity contribution in [2.75, 3.05) is 11.9 Å². The van der Waals surface area contributed by atoms with E-state index in [-0.39, 0.29) is 12.5 Å². The highest BCUT2D eigenvalue weighted by Crippen LogP contribution is 2.39. The number of hydrogen-bond acceptors (Lipinski definition) is 5. The minimum atomic E-state index is -0.838. The van der Waals surface area contributed by atoms with Gasteiger partial charge in [0, 0.05) is 11.6 Å². The third kappa shape index (κ3) is 3.08. The molecule has 0 bridgehead atoms. The van der Waals surface area contributed by atoms with Gasteiger partial charge in [0.25, 0.3) is 5.91 Å². The Kier molecular flexibility index (Phi) is 4.09. The number of rotatable bonds is 3. The van der Waals surface area contributed by atoms with E-state index >= 15 is 0 Å². The van der Waals surface area contributed by atoms with Gasteiger partial charge in [0.1, 0.15) is 12.1 Å². The number of nitrogens with one attached hydrogen (secondary N) is 2. The minimum absolute atomic E-state index is 0.282. The van der Waals surface area contributed by atoms with Gasteiger partial charge in [0.15, 0.2) is 5.13 Å².